The van der Waals surface area contributed by atoms with Gasteiger partial charge in [0.1, 0.15) is 29.8 Å². The third kappa shape index (κ3) is 8.03. The highest BCUT2D eigenvalue weighted by Crippen LogP contribution is 2.61. The number of hydroxylamine groups is 1. The normalized spacial score (nSPS) is 29.0. The molecule has 5 fully saturated rings. The van der Waals surface area contributed by atoms with Gasteiger partial charge in [0.2, 0.25) is 23.4 Å². The number of alkyl carbamates (subject to hydrolysis) is 1. The molecule has 7 atom stereocenters. The Hall–Kier alpha value is -4.46. The third-order valence-electron chi connectivity index (χ3n) is 11.4. The van der Waals surface area contributed by atoms with E-state index in [2.05, 4.69) is 30.9 Å². The zero-order chi connectivity index (χ0) is 39.0. The molecule has 2 saturated heterocycles. The predicted octanol–water partition coefficient (Wildman–Crippen LogP) is 4.42. The molecule has 300 valence electrons. The first-order valence-corrected chi connectivity index (χ1v) is 19.3. The Morgan fingerprint density at radius 2 is 1.96 bits per heavy atom. The highest BCUT2D eigenvalue weighted by atomic mass is 35.5. The minimum atomic E-state index is -1.17. The molecule has 8 rings (SSSR count). The number of amides is 3. The number of hydrogen-bond acceptors (Lipinski definition) is 13. The number of aromatic nitrogens is 4. The van der Waals surface area contributed by atoms with Gasteiger partial charge in [0.05, 0.1) is 6.04 Å². The number of nitrogens with one attached hydrogen (secondary N) is 4. The fourth-order valence-electron chi connectivity index (χ4n) is 8.83. The van der Waals surface area contributed by atoms with E-state index in [1.807, 2.05) is 6.92 Å². The topological polar surface area (TPSA) is 209 Å². The zero-order valence-corrected chi connectivity index (χ0v) is 31.4. The fourth-order valence-corrected chi connectivity index (χ4v) is 9.06. The Kier molecular flexibility index (Phi) is 10.9. The van der Waals surface area contributed by atoms with Crippen LogP contribution in [0.25, 0.3) is 5.82 Å². The zero-order valence-electron chi connectivity index (χ0n) is 30.7. The van der Waals surface area contributed by atoms with Crippen molar-refractivity contribution in [3.05, 3.63) is 64.6 Å². The monoisotopic (exact) mass is 798 g/mol. The summed E-state index contributed by atoms with van der Waals surface area (Å²) in [4.78, 5) is 64.2. The molecule has 2 bridgehead atoms. The molecule has 2 unspecified atom stereocenters. The van der Waals surface area contributed by atoms with E-state index in [9.17, 15) is 24.0 Å². The number of imidazole rings is 1. The molecule has 2 aromatic heterocycles. The van der Waals surface area contributed by atoms with Crippen LogP contribution in [0.5, 0.6) is 0 Å². The maximum Gasteiger partial charge on any atom is 0.407 e. The van der Waals surface area contributed by atoms with E-state index in [-0.39, 0.29) is 41.6 Å². The van der Waals surface area contributed by atoms with E-state index in [4.69, 9.17) is 35.6 Å². The van der Waals surface area contributed by atoms with Crippen molar-refractivity contribution < 1.29 is 48.0 Å². The van der Waals surface area contributed by atoms with E-state index in [0.29, 0.717) is 69.1 Å². The van der Waals surface area contributed by atoms with Crippen LogP contribution in [0.15, 0.2) is 36.9 Å². The second kappa shape index (κ2) is 15.8. The van der Waals surface area contributed by atoms with E-state index in [0.717, 1.165) is 24.5 Å². The summed E-state index contributed by atoms with van der Waals surface area (Å²) >= 11 is 6.19. The van der Waals surface area contributed by atoms with Gasteiger partial charge in [0.25, 0.3) is 5.91 Å². The van der Waals surface area contributed by atoms with E-state index in [1.165, 1.54) is 24.7 Å². The first-order chi connectivity index (χ1) is 27.0. The number of ether oxygens (including phenoxy) is 3. The van der Waals surface area contributed by atoms with Crippen LogP contribution in [0, 0.1) is 30.5 Å². The van der Waals surface area contributed by atoms with Crippen LogP contribution in [0.1, 0.15) is 85.4 Å². The van der Waals surface area contributed by atoms with Crippen LogP contribution in [0.3, 0.4) is 0 Å². The lowest BCUT2D eigenvalue weighted by Crippen LogP contribution is -2.49. The summed E-state index contributed by atoms with van der Waals surface area (Å²) in [5.41, 5.74) is 2.88. The SMILES string of the molecule is Cc1cnc(NC2CCOCC2)nc1-n1cnc(C(=O)N[C@H](CNC(=O)OC2CCCC3(C2)OO[C@]2(C[C@H]4C[C@@H]2[C@H](C(=O)NO)C4)O3)c2cc(F)cc(Cl)c2)c1. The summed E-state index contributed by atoms with van der Waals surface area (Å²) in [6.07, 6.45) is 8.75. The molecule has 19 heteroatoms. The molecule has 3 saturated carbocycles. The number of anilines is 1. The van der Waals surface area contributed by atoms with Crippen LogP contribution < -0.4 is 21.4 Å². The standard InChI is InChI=1S/C37H44ClFN8O9/c1-20-16-40-34(43-25-4-7-52-8-5-25)45-31(20)47-18-30(42-19-47)33(49)44-29(22-11-23(38)13-24(39)12-22)17-41-35(50)53-26-3-2-6-36(15-26)54-37(56-55-36)14-21-9-27(28(37)10-21)32(48)46-51/h11-13,16,18-19,21,25-29,51H,2-10,14-15,17H2,1H3,(H,41,50)(H,44,49)(H,46,48)(H,40,43,45)/t21-,26?,27-,28-,29-,36?,37+/m1/s1. The second-order valence-electron chi connectivity index (χ2n) is 15.4. The summed E-state index contributed by atoms with van der Waals surface area (Å²) in [7, 11) is 0. The average Bonchev–Trinajstić information content (AvgIpc) is 3.98. The molecule has 3 aromatic rings. The van der Waals surface area contributed by atoms with Crippen molar-refractivity contribution in [3.63, 3.8) is 0 Å². The summed E-state index contributed by atoms with van der Waals surface area (Å²) in [5.74, 6) is -3.53. The maximum atomic E-state index is 14.5. The fraction of sp³-hybridized carbons (Fsp3) is 0.568. The van der Waals surface area contributed by atoms with Gasteiger partial charge in [-0.25, -0.2) is 24.6 Å². The van der Waals surface area contributed by atoms with Crippen molar-refractivity contribution in [1.82, 2.24) is 35.6 Å². The summed E-state index contributed by atoms with van der Waals surface area (Å²) < 4.78 is 33.9. The number of rotatable bonds is 10. The number of aryl methyl sites for hydroxylation is 1. The van der Waals surface area contributed by atoms with E-state index < -0.39 is 53.4 Å². The summed E-state index contributed by atoms with van der Waals surface area (Å²) in [6, 6.07) is 3.11. The van der Waals surface area contributed by atoms with Gasteiger partial charge in [0.15, 0.2) is 0 Å². The molecule has 3 aliphatic carbocycles. The number of hydrogen-bond donors (Lipinski definition) is 5. The van der Waals surface area contributed by atoms with Crippen molar-refractivity contribution in [2.24, 2.45) is 17.8 Å². The minimum Gasteiger partial charge on any atom is -0.446 e. The maximum absolute atomic E-state index is 14.5. The molecule has 5 N–H and O–H groups in total. The quantitative estimate of drug-likeness (QED) is 0.110. The van der Waals surface area contributed by atoms with Crippen LogP contribution >= 0.6 is 11.6 Å². The van der Waals surface area contributed by atoms with Gasteiger partial charge in [-0.3, -0.25) is 19.4 Å². The molecule has 56 heavy (non-hydrogen) atoms. The van der Waals surface area contributed by atoms with Crippen molar-refractivity contribution in [3.8, 4) is 5.82 Å². The first kappa shape index (κ1) is 38.4. The largest absolute Gasteiger partial charge is 0.446 e. The Balaban J connectivity index is 0.906. The average molecular weight is 799 g/mol. The lowest BCUT2D eigenvalue weighted by atomic mass is 9.83. The van der Waals surface area contributed by atoms with Crippen molar-refractivity contribution in [2.75, 3.05) is 25.1 Å². The van der Waals surface area contributed by atoms with E-state index in [1.54, 1.807) is 16.2 Å². The van der Waals surface area contributed by atoms with Crippen LogP contribution in [0.4, 0.5) is 15.1 Å². The molecule has 2 aliphatic heterocycles. The molecular weight excluding hydrogens is 755 g/mol. The predicted molar refractivity (Wildman–Crippen MR) is 193 cm³/mol. The minimum absolute atomic E-state index is 0.0554. The molecule has 17 nitrogen and oxygen atoms in total. The van der Waals surface area contributed by atoms with Gasteiger partial charge in [0, 0.05) is 79.9 Å². The number of nitrogens with zero attached hydrogens (tertiary/aromatic N) is 4. The smallest absolute Gasteiger partial charge is 0.407 e. The lowest BCUT2D eigenvalue weighted by Gasteiger charge is -2.38. The summed E-state index contributed by atoms with van der Waals surface area (Å²) in [5, 5.41) is 18.2. The molecule has 5 aliphatic rings. The molecule has 3 amide bonds. The molecule has 4 heterocycles. The van der Waals surface area contributed by atoms with Crippen molar-refractivity contribution in [2.45, 2.75) is 94.5 Å². The van der Waals surface area contributed by atoms with Crippen LogP contribution in [-0.2, 0) is 28.8 Å². The third-order valence-corrected chi connectivity index (χ3v) is 11.7. The van der Waals surface area contributed by atoms with Crippen LogP contribution in [-0.4, -0.2) is 86.1 Å². The van der Waals surface area contributed by atoms with Gasteiger partial charge in [-0.2, -0.15) is 14.8 Å². The van der Waals surface area contributed by atoms with E-state index >= 15 is 0 Å². The summed E-state index contributed by atoms with van der Waals surface area (Å²) in [6.45, 7) is 3.00. The Morgan fingerprint density at radius 1 is 1.12 bits per heavy atom. The van der Waals surface area contributed by atoms with Gasteiger partial charge in [-0.15, -0.1) is 0 Å². The number of carbonyl (C=O) groups excluding carboxylic acids is 3. The lowest BCUT2D eigenvalue weighted by molar-refractivity contribution is -0.365. The Labute approximate surface area is 326 Å². The Morgan fingerprint density at radius 3 is 2.75 bits per heavy atom. The highest BCUT2D eigenvalue weighted by molar-refractivity contribution is 6.30. The molecule has 2 spiro atoms. The molecule has 1 aromatic carbocycles. The van der Waals surface area contributed by atoms with Gasteiger partial charge < -0.3 is 30.2 Å². The first-order valence-electron chi connectivity index (χ1n) is 18.9. The van der Waals surface area contributed by atoms with Gasteiger partial charge in [-0.1, -0.05) is 11.6 Å². The number of halogens is 2. The second-order valence-corrected chi connectivity index (χ2v) is 15.8. The number of carbonyl (C=O) groups is 3. The Bertz CT molecular complexity index is 1950. The molecular formula is C37H44ClFN8O9. The number of fused-ring (bicyclic) bond motifs is 3. The van der Waals surface area contributed by atoms with Crippen LogP contribution in [0.2, 0.25) is 5.02 Å². The van der Waals surface area contributed by atoms with Crippen molar-refractivity contribution in [1.29, 1.82) is 0 Å². The highest BCUT2D eigenvalue weighted by Gasteiger charge is 2.67. The van der Waals surface area contributed by atoms with Gasteiger partial charge >= 0.3 is 6.09 Å². The number of benzene rings is 1. The van der Waals surface area contributed by atoms with Gasteiger partial charge in [-0.05, 0) is 75.1 Å². The molecule has 0 radical (unpaired) electrons. The van der Waals surface area contributed by atoms with Crippen molar-refractivity contribution >= 4 is 35.5 Å².